The third-order valence-corrected chi connectivity index (χ3v) is 10.6. The molecule has 0 amide bonds. The number of ether oxygens (including phenoxy) is 3. The number of hydrogen-bond donors (Lipinski definition) is 0. The lowest BCUT2D eigenvalue weighted by molar-refractivity contribution is -0.385. The minimum Gasteiger partial charge on any atom is -0.493 e. The van der Waals surface area contributed by atoms with E-state index in [2.05, 4.69) is 13.8 Å². The lowest BCUT2D eigenvalue weighted by Crippen LogP contribution is -2.19. The van der Waals surface area contributed by atoms with Crippen molar-refractivity contribution < 1.29 is 28.7 Å². The molecule has 0 spiro atoms. The maximum absolute atomic E-state index is 12.4. The fourth-order valence-electron chi connectivity index (χ4n) is 2.80. The Morgan fingerprint density at radius 3 is 1.98 bits per heavy atom. The molecular weight excluding hydrogens is 631 g/mol. The highest BCUT2D eigenvalue weighted by Gasteiger charge is 2.21. The van der Waals surface area contributed by atoms with Crippen molar-refractivity contribution in [3.05, 3.63) is 33.9 Å². The van der Waals surface area contributed by atoms with Gasteiger partial charge in [-0.15, -0.1) is 23.5 Å². The van der Waals surface area contributed by atoms with Gasteiger partial charge >= 0.3 is 11.9 Å². The van der Waals surface area contributed by atoms with Crippen LogP contribution < -0.4 is 4.74 Å². The second kappa shape index (κ2) is 21.6. The zero-order chi connectivity index (χ0) is 29.9. The van der Waals surface area contributed by atoms with Gasteiger partial charge in [0.25, 0.3) is 5.69 Å². The molecule has 0 heterocycles. The van der Waals surface area contributed by atoms with E-state index in [1.807, 2.05) is 0 Å². The number of carbonyl (C=O) groups is 2. The molecule has 0 saturated carbocycles. The Morgan fingerprint density at radius 2 is 1.45 bits per heavy atom. The number of nitro groups is 1. The second-order valence-electron chi connectivity index (χ2n) is 8.45. The third kappa shape index (κ3) is 15.8. The van der Waals surface area contributed by atoms with Gasteiger partial charge in [-0.1, -0.05) is 74.6 Å². The van der Waals surface area contributed by atoms with E-state index in [0.717, 1.165) is 40.7 Å². The van der Waals surface area contributed by atoms with Gasteiger partial charge in [0.05, 0.1) is 23.7 Å². The Kier molecular flexibility index (Phi) is 20.0. The first-order valence-corrected chi connectivity index (χ1v) is 17.5. The predicted molar refractivity (Wildman–Crippen MR) is 178 cm³/mol. The van der Waals surface area contributed by atoms with Crippen LogP contribution in [-0.2, 0) is 25.7 Å². The highest BCUT2D eigenvalue weighted by atomic mass is 32.2. The van der Waals surface area contributed by atoms with Gasteiger partial charge in [-0.25, -0.2) is 0 Å². The van der Waals surface area contributed by atoms with Crippen molar-refractivity contribution in [2.24, 2.45) is 0 Å². The SMILES string of the molecule is CCCCSC(=S)SC(C)C(=O)OCCCOc1ccc([N+](=O)[O-])c(COC(=O)C(C)SC(=S)SCCCC)c1. The molecule has 1 aromatic carbocycles. The van der Waals surface area contributed by atoms with Crippen LogP contribution in [-0.4, -0.2) is 59.1 Å². The molecule has 14 heteroatoms. The summed E-state index contributed by atoms with van der Waals surface area (Å²) < 4.78 is 17.8. The fourth-order valence-corrected chi connectivity index (χ4v) is 8.18. The molecular formula is C26H37NO7S6. The molecule has 0 aliphatic heterocycles. The first kappa shape index (κ1) is 37.0. The number of nitrogens with zero attached hydrogens (tertiary/aromatic N) is 1. The Bertz CT molecular complexity index is 994. The number of esters is 2. The normalized spacial score (nSPS) is 12.3. The van der Waals surface area contributed by atoms with Gasteiger partial charge in [-0.2, -0.15) is 0 Å². The first-order valence-electron chi connectivity index (χ1n) is 13.0. The molecule has 1 aromatic rings. The predicted octanol–water partition coefficient (Wildman–Crippen LogP) is 7.83. The molecule has 0 fully saturated rings. The fraction of sp³-hybridized carbons (Fsp3) is 0.615. The summed E-state index contributed by atoms with van der Waals surface area (Å²) in [5.74, 6) is 1.39. The van der Waals surface area contributed by atoms with Gasteiger partial charge in [0.15, 0.2) is 0 Å². The largest absolute Gasteiger partial charge is 0.493 e. The molecule has 2 atom stereocenters. The maximum Gasteiger partial charge on any atom is 0.319 e. The average Bonchev–Trinajstić information content (AvgIpc) is 2.91. The first-order chi connectivity index (χ1) is 19.1. The van der Waals surface area contributed by atoms with Crippen LogP contribution in [0.5, 0.6) is 5.75 Å². The van der Waals surface area contributed by atoms with Crippen LogP contribution >= 0.6 is 71.5 Å². The van der Waals surface area contributed by atoms with Crippen LogP contribution in [0, 0.1) is 10.1 Å². The third-order valence-electron chi connectivity index (χ3n) is 5.06. The minimum atomic E-state index is -0.531. The van der Waals surface area contributed by atoms with Crippen LogP contribution in [0.4, 0.5) is 5.69 Å². The molecule has 0 saturated heterocycles. The number of nitro benzene ring substituents is 1. The van der Waals surface area contributed by atoms with E-state index < -0.39 is 16.1 Å². The summed E-state index contributed by atoms with van der Waals surface area (Å²) in [6, 6.07) is 4.28. The van der Waals surface area contributed by atoms with Gasteiger partial charge in [-0.3, -0.25) is 19.7 Å². The Hall–Kier alpha value is -1.06. The van der Waals surface area contributed by atoms with E-state index in [1.54, 1.807) is 25.6 Å². The van der Waals surface area contributed by atoms with Gasteiger partial charge in [-0.05, 0) is 50.3 Å². The number of benzene rings is 1. The number of unbranched alkanes of at least 4 members (excludes halogenated alkanes) is 2. The number of thioether (sulfide) groups is 4. The van der Waals surface area contributed by atoms with Crippen molar-refractivity contribution in [1.29, 1.82) is 0 Å². The highest BCUT2D eigenvalue weighted by molar-refractivity contribution is 8.48. The lowest BCUT2D eigenvalue weighted by Gasteiger charge is -2.13. The van der Waals surface area contributed by atoms with Crippen molar-refractivity contribution in [1.82, 2.24) is 0 Å². The quantitative estimate of drug-likeness (QED) is 0.0500. The number of rotatable bonds is 18. The van der Waals surface area contributed by atoms with Crippen LogP contribution in [0.1, 0.15) is 65.4 Å². The molecule has 8 nitrogen and oxygen atoms in total. The van der Waals surface area contributed by atoms with Crippen molar-refractivity contribution in [3.8, 4) is 5.75 Å². The molecule has 0 aliphatic carbocycles. The summed E-state index contributed by atoms with van der Waals surface area (Å²) in [5, 5.41) is 10.6. The molecule has 0 aliphatic rings. The van der Waals surface area contributed by atoms with Crippen LogP contribution in [0.25, 0.3) is 0 Å². The van der Waals surface area contributed by atoms with Crippen LogP contribution in [0.15, 0.2) is 18.2 Å². The van der Waals surface area contributed by atoms with Crippen molar-refractivity contribution in [2.75, 3.05) is 24.7 Å². The Morgan fingerprint density at radius 1 is 0.900 bits per heavy atom. The molecule has 1 rings (SSSR count). The summed E-state index contributed by atoms with van der Waals surface area (Å²) >= 11 is 16.3. The van der Waals surface area contributed by atoms with E-state index in [4.69, 9.17) is 38.6 Å². The number of carbonyl (C=O) groups excluding carboxylic acids is 2. The monoisotopic (exact) mass is 667 g/mol. The number of hydrogen-bond acceptors (Lipinski definition) is 13. The van der Waals surface area contributed by atoms with Crippen molar-refractivity contribution in [2.45, 2.75) is 76.9 Å². The average molecular weight is 668 g/mol. The van der Waals surface area contributed by atoms with Crippen molar-refractivity contribution in [3.63, 3.8) is 0 Å². The number of thiocarbonyl (C=S) groups is 2. The summed E-state index contributed by atoms with van der Waals surface area (Å²) in [6.07, 6.45) is 4.73. The highest BCUT2D eigenvalue weighted by Crippen LogP contribution is 2.27. The summed E-state index contributed by atoms with van der Waals surface area (Å²) in [5.41, 5.74) is 0.0512. The minimum absolute atomic E-state index is 0.169. The Balaban J connectivity index is 2.51. The van der Waals surface area contributed by atoms with E-state index >= 15 is 0 Å². The molecule has 0 aromatic heterocycles. The van der Waals surface area contributed by atoms with Crippen molar-refractivity contribution >= 4 is 96.2 Å². The topological polar surface area (TPSA) is 105 Å². The molecule has 2 unspecified atom stereocenters. The van der Waals surface area contributed by atoms with E-state index in [1.165, 1.54) is 53.5 Å². The van der Waals surface area contributed by atoms with Crippen LogP contribution in [0.2, 0.25) is 0 Å². The van der Waals surface area contributed by atoms with E-state index in [0.29, 0.717) is 15.7 Å². The summed E-state index contributed by atoms with van der Waals surface area (Å²) in [6.45, 7) is 7.82. The zero-order valence-electron chi connectivity index (χ0n) is 23.2. The second-order valence-corrected chi connectivity index (χ2v) is 15.7. The molecule has 40 heavy (non-hydrogen) atoms. The van der Waals surface area contributed by atoms with E-state index in [9.17, 15) is 19.7 Å². The Labute approximate surface area is 264 Å². The van der Waals surface area contributed by atoms with Gasteiger partial charge in [0.2, 0.25) is 0 Å². The molecule has 0 N–H and O–H groups in total. The van der Waals surface area contributed by atoms with Crippen LogP contribution in [0.3, 0.4) is 0 Å². The molecule has 224 valence electrons. The van der Waals surface area contributed by atoms with Gasteiger partial charge in [0.1, 0.15) is 29.9 Å². The van der Waals surface area contributed by atoms with Gasteiger partial charge < -0.3 is 14.2 Å². The smallest absolute Gasteiger partial charge is 0.319 e. The molecule has 0 radical (unpaired) electrons. The van der Waals surface area contributed by atoms with E-state index in [-0.39, 0.29) is 42.3 Å². The maximum atomic E-state index is 12.4. The lowest BCUT2D eigenvalue weighted by atomic mass is 10.2. The molecule has 0 bridgehead atoms. The van der Waals surface area contributed by atoms with Gasteiger partial charge in [0, 0.05) is 12.5 Å². The standard InChI is InChI=1S/C26H37NO7S6/c1-5-7-14-37-25(35)39-18(3)23(28)33-13-9-12-32-21-10-11-22(27(30)31)20(16-21)17-34-24(29)19(4)40-26(36)38-15-8-6-2/h10-11,16,18-19H,5-9,12-15,17H2,1-4H3. The summed E-state index contributed by atoms with van der Waals surface area (Å²) in [7, 11) is 0. The summed E-state index contributed by atoms with van der Waals surface area (Å²) in [4.78, 5) is 35.6. The zero-order valence-corrected chi connectivity index (χ0v) is 28.1.